The number of hydrogen-bond donors (Lipinski definition) is 2. The van der Waals surface area contributed by atoms with E-state index in [1.54, 1.807) is 0 Å². The van der Waals surface area contributed by atoms with Gasteiger partial charge in [0.1, 0.15) is 0 Å². The molecule has 0 amide bonds. The van der Waals surface area contributed by atoms with E-state index in [1.165, 1.54) is 0 Å². The van der Waals surface area contributed by atoms with E-state index in [0.29, 0.717) is 17.7 Å². The number of halogens is 1. The zero-order chi connectivity index (χ0) is 11.3. The second-order valence-electron chi connectivity index (χ2n) is 3.57. The highest BCUT2D eigenvalue weighted by atomic mass is 35.5. The molecule has 0 heterocycles. The third-order valence-electron chi connectivity index (χ3n) is 1.82. The van der Waals surface area contributed by atoms with Crippen molar-refractivity contribution in [2.24, 2.45) is 0 Å². The van der Waals surface area contributed by atoms with Gasteiger partial charge < -0.3 is 10.6 Å². The standard InChI is InChI=1S/C11H15ClN2S/c1-8(2)14-11(15)13-7-9-5-3-4-6-10(9)12/h3-6,8H,7H2,1-2H3,(H2,13,14,15). The summed E-state index contributed by atoms with van der Waals surface area (Å²) in [5.41, 5.74) is 1.05. The van der Waals surface area contributed by atoms with E-state index in [4.69, 9.17) is 23.8 Å². The first kappa shape index (κ1) is 12.3. The smallest absolute Gasteiger partial charge is 0.166 e. The van der Waals surface area contributed by atoms with Crippen molar-refractivity contribution in [3.63, 3.8) is 0 Å². The van der Waals surface area contributed by atoms with Crippen LogP contribution in [0.15, 0.2) is 24.3 Å². The van der Waals surface area contributed by atoms with Gasteiger partial charge in [-0.1, -0.05) is 29.8 Å². The fraction of sp³-hybridized carbons (Fsp3) is 0.364. The van der Waals surface area contributed by atoms with Gasteiger partial charge in [-0.05, 0) is 37.7 Å². The largest absolute Gasteiger partial charge is 0.361 e. The van der Waals surface area contributed by atoms with Crippen LogP contribution in [0.3, 0.4) is 0 Å². The molecule has 0 spiro atoms. The Balaban J connectivity index is 2.44. The first-order valence-electron chi connectivity index (χ1n) is 4.87. The Bertz CT molecular complexity index is 339. The Morgan fingerprint density at radius 1 is 1.40 bits per heavy atom. The molecule has 0 atom stereocenters. The molecule has 1 rings (SSSR count). The van der Waals surface area contributed by atoms with E-state index in [-0.39, 0.29) is 0 Å². The van der Waals surface area contributed by atoms with Gasteiger partial charge in [0.05, 0.1) is 0 Å². The van der Waals surface area contributed by atoms with Crippen LogP contribution in [0.1, 0.15) is 19.4 Å². The van der Waals surface area contributed by atoms with Crippen LogP contribution in [0.5, 0.6) is 0 Å². The van der Waals surface area contributed by atoms with Gasteiger partial charge in [0.15, 0.2) is 5.11 Å². The highest BCUT2D eigenvalue weighted by Gasteiger charge is 2.00. The fourth-order valence-electron chi connectivity index (χ4n) is 1.13. The zero-order valence-electron chi connectivity index (χ0n) is 8.88. The summed E-state index contributed by atoms with van der Waals surface area (Å²) in [6.07, 6.45) is 0. The van der Waals surface area contributed by atoms with Crippen LogP contribution in [0.4, 0.5) is 0 Å². The van der Waals surface area contributed by atoms with E-state index >= 15 is 0 Å². The van der Waals surface area contributed by atoms with Crippen molar-refractivity contribution >= 4 is 28.9 Å². The van der Waals surface area contributed by atoms with Crippen LogP contribution < -0.4 is 10.6 Å². The molecule has 15 heavy (non-hydrogen) atoms. The predicted molar refractivity (Wildman–Crippen MR) is 69.2 cm³/mol. The first-order chi connectivity index (χ1) is 7.09. The second-order valence-corrected chi connectivity index (χ2v) is 4.39. The molecule has 82 valence electrons. The Morgan fingerprint density at radius 2 is 2.07 bits per heavy atom. The molecule has 2 nitrogen and oxygen atoms in total. The van der Waals surface area contributed by atoms with Gasteiger partial charge in [0.2, 0.25) is 0 Å². The van der Waals surface area contributed by atoms with Crippen LogP contribution in [-0.4, -0.2) is 11.2 Å². The predicted octanol–water partition coefficient (Wildman–Crippen LogP) is 2.71. The van der Waals surface area contributed by atoms with Crippen molar-refractivity contribution in [2.45, 2.75) is 26.4 Å². The molecule has 1 aromatic carbocycles. The maximum absolute atomic E-state index is 6.01. The molecule has 0 aliphatic carbocycles. The summed E-state index contributed by atoms with van der Waals surface area (Å²) in [4.78, 5) is 0. The van der Waals surface area contributed by atoms with Crippen molar-refractivity contribution in [1.82, 2.24) is 10.6 Å². The molecule has 0 fully saturated rings. The number of hydrogen-bond acceptors (Lipinski definition) is 1. The van der Waals surface area contributed by atoms with Gasteiger partial charge in [-0.3, -0.25) is 0 Å². The van der Waals surface area contributed by atoms with Crippen LogP contribution >= 0.6 is 23.8 Å². The molecule has 4 heteroatoms. The maximum Gasteiger partial charge on any atom is 0.166 e. The molecule has 0 saturated carbocycles. The number of thiocarbonyl (C=S) groups is 1. The van der Waals surface area contributed by atoms with Crippen molar-refractivity contribution in [3.05, 3.63) is 34.9 Å². The van der Waals surface area contributed by atoms with Crippen LogP contribution in [0, 0.1) is 0 Å². The van der Waals surface area contributed by atoms with Crippen molar-refractivity contribution in [3.8, 4) is 0 Å². The summed E-state index contributed by atoms with van der Waals surface area (Å²) in [5, 5.41) is 7.64. The summed E-state index contributed by atoms with van der Waals surface area (Å²) >= 11 is 11.1. The molecule has 0 saturated heterocycles. The van der Waals surface area contributed by atoms with E-state index in [9.17, 15) is 0 Å². The van der Waals surface area contributed by atoms with Crippen molar-refractivity contribution in [1.29, 1.82) is 0 Å². The highest BCUT2D eigenvalue weighted by Crippen LogP contribution is 2.14. The van der Waals surface area contributed by atoms with E-state index < -0.39 is 0 Å². The molecule has 2 N–H and O–H groups in total. The monoisotopic (exact) mass is 242 g/mol. The zero-order valence-corrected chi connectivity index (χ0v) is 10.5. The summed E-state index contributed by atoms with van der Waals surface area (Å²) in [7, 11) is 0. The third-order valence-corrected chi connectivity index (χ3v) is 2.45. The lowest BCUT2D eigenvalue weighted by molar-refractivity contribution is 0.712. The van der Waals surface area contributed by atoms with Gasteiger partial charge in [-0.25, -0.2) is 0 Å². The van der Waals surface area contributed by atoms with Crippen LogP contribution in [0.2, 0.25) is 5.02 Å². The highest BCUT2D eigenvalue weighted by molar-refractivity contribution is 7.80. The first-order valence-corrected chi connectivity index (χ1v) is 5.66. The molecular weight excluding hydrogens is 228 g/mol. The molecular formula is C11H15ClN2S. The lowest BCUT2D eigenvalue weighted by Crippen LogP contribution is -2.38. The minimum absolute atomic E-state index is 0.344. The SMILES string of the molecule is CC(C)NC(=S)NCc1ccccc1Cl. The second kappa shape index (κ2) is 5.93. The topological polar surface area (TPSA) is 24.1 Å². The Morgan fingerprint density at radius 3 is 2.67 bits per heavy atom. The van der Waals surface area contributed by atoms with E-state index in [1.807, 2.05) is 38.1 Å². The van der Waals surface area contributed by atoms with E-state index in [2.05, 4.69) is 10.6 Å². The Labute approximate surface area is 101 Å². The summed E-state index contributed by atoms with van der Waals surface area (Å²) in [6, 6.07) is 8.07. The van der Waals surface area contributed by atoms with Crippen molar-refractivity contribution < 1.29 is 0 Å². The average molecular weight is 243 g/mol. The van der Waals surface area contributed by atoms with Gasteiger partial charge in [0.25, 0.3) is 0 Å². The molecule has 0 radical (unpaired) electrons. The van der Waals surface area contributed by atoms with Crippen LogP contribution in [0.25, 0.3) is 0 Å². The molecule has 0 aliphatic rings. The van der Waals surface area contributed by atoms with Gasteiger partial charge in [-0.15, -0.1) is 0 Å². The molecule has 1 aromatic rings. The number of rotatable bonds is 3. The quantitative estimate of drug-likeness (QED) is 0.797. The third kappa shape index (κ3) is 4.49. The molecule has 0 bridgehead atoms. The van der Waals surface area contributed by atoms with Gasteiger partial charge >= 0.3 is 0 Å². The van der Waals surface area contributed by atoms with Gasteiger partial charge in [-0.2, -0.15) is 0 Å². The summed E-state index contributed by atoms with van der Waals surface area (Å²) in [5.74, 6) is 0. The normalized spacial score (nSPS) is 10.1. The van der Waals surface area contributed by atoms with Crippen molar-refractivity contribution in [2.75, 3.05) is 0 Å². The minimum atomic E-state index is 0.344. The Kier molecular flexibility index (Phi) is 4.85. The van der Waals surface area contributed by atoms with E-state index in [0.717, 1.165) is 10.6 Å². The minimum Gasteiger partial charge on any atom is -0.361 e. The lowest BCUT2D eigenvalue weighted by Gasteiger charge is -2.13. The summed E-state index contributed by atoms with van der Waals surface area (Å²) < 4.78 is 0. The number of nitrogens with one attached hydrogen (secondary N) is 2. The summed E-state index contributed by atoms with van der Waals surface area (Å²) in [6.45, 7) is 4.74. The van der Waals surface area contributed by atoms with Crippen LogP contribution in [-0.2, 0) is 6.54 Å². The fourth-order valence-corrected chi connectivity index (χ4v) is 1.64. The average Bonchev–Trinajstić information content (AvgIpc) is 2.15. The Hall–Kier alpha value is -0.800. The number of benzene rings is 1. The molecule has 0 unspecified atom stereocenters. The maximum atomic E-state index is 6.01. The lowest BCUT2D eigenvalue weighted by atomic mass is 10.2. The molecule has 0 aliphatic heterocycles. The van der Waals surface area contributed by atoms with Gasteiger partial charge in [0, 0.05) is 17.6 Å². The molecule has 0 aromatic heterocycles.